The largest absolute Gasteiger partial charge is 0.481 e. The molecule has 1 aliphatic heterocycles. The molecule has 0 amide bonds. The summed E-state index contributed by atoms with van der Waals surface area (Å²) in [6.07, 6.45) is 4.39. The average molecular weight is 378 g/mol. The van der Waals surface area contributed by atoms with Crippen LogP contribution in [-0.4, -0.2) is 54.8 Å². The number of anilines is 1. The van der Waals surface area contributed by atoms with E-state index in [1.54, 1.807) is 14.2 Å². The van der Waals surface area contributed by atoms with Crippen LogP contribution in [-0.2, 0) is 6.42 Å². The first-order valence-corrected chi connectivity index (χ1v) is 9.82. The molecule has 0 saturated carbocycles. The smallest absolute Gasteiger partial charge is 0.240 e. The Morgan fingerprint density at radius 2 is 2.07 bits per heavy atom. The van der Waals surface area contributed by atoms with Crippen molar-refractivity contribution in [3.05, 3.63) is 47.7 Å². The summed E-state index contributed by atoms with van der Waals surface area (Å²) in [5.74, 6) is 1.64. The van der Waals surface area contributed by atoms with Crippen molar-refractivity contribution in [3.63, 3.8) is 0 Å². The molecule has 6 nitrogen and oxygen atoms in total. The second-order valence-electron chi connectivity index (χ2n) is 7.89. The molecule has 28 heavy (non-hydrogen) atoms. The van der Waals surface area contributed by atoms with Crippen LogP contribution >= 0.6 is 0 Å². The van der Waals surface area contributed by atoms with Crippen LogP contribution in [0.2, 0.25) is 0 Å². The van der Waals surface area contributed by atoms with Crippen LogP contribution in [0.3, 0.4) is 0 Å². The van der Waals surface area contributed by atoms with E-state index in [4.69, 9.17) is 9.47 Å². The van der Waals surface area contributed by atoms with Crippen molar-refractivity contribution < 1.29 is 9.47 Å². The van der Waals surface area contributed by atoms with Crippen LogP contribution in [0.15, 0.2) is 36.5 Å². The van der Waals surface area contributed by atoms with E-state index in [1.807, 2.05) is 12.1 Å². The maximum absolute atomic E-state index is 5.47. The summed E-state index contributed by atoms with van der Waals surface area (Å²) in [7, 11) is 5.50. The van der Waals surface area contributed by atoms with Gasteiger partial charge in [0, 0.05) is 47.7 Å². The zero-order valence-electron chi connectivity index (χ0n) is 16.5. The van der Waals surface area contributed by atoms with Gasteiger partial charge in [0.05, 0.1) is 19.9 Å². The molecule has 1 saturated heterocycles. The van der Waals surface area contributed by atoms with Gasteiger partial charge in [0.1, 0.15) is 0 Å². The Labute approximate surface area is 164 Å². The number of pyridine rings is 1. The molecular formula is C22H26N4O2. The highest BCUT2D eigenvalue weighted by molar-refractivity contribution is 5.88. The number of fused-ring (bicyclic) bond motifs is 2. The molecule has 2 aliphatic rings. The highest BCUT2D eigenvalue weighted by Crippen LogP contribution is 2.43. The van der Waals surface area contributed by atoms with Crippen molar-refractivity contribution in [3.8, 4) is 11.8 Å². The Kier molecular flexibility index (Phi) is 4.16. The number of likely N-dealkylation sites (N-methyl/N-ethyl adjacent to an activating group) is 1. The minimum absolute atomic E-state index is 0.325. The minimum Gasteiger partial charge on any atom is -0.481 e. The van der Waals surface area contributed by atoms with Crippen molar-refractivity contribution in [1.82, 2.24) is 14.9 Å². The van der Waals surface area contributed by atoms with Gasteiger partial charge in [0.25, 0.3) is 0 Å². The van der Waals surface area contributed by atoms with Crippen LogP contribution in [0.25, 0.3) is 10.9 Å². The Morgan fingerprint density at radius 3 is 2.89 bits per heavy atom. The molecule has 2 aromatic heterocycles. The van der Waals surface area contributed by atoms with Gasteiger partial charge in [-0.3, -0.25) is 0 Å². The molecule has 3 atom stereocenters. The fraction of sp³-hybridized carbons (Fsp3) is 0.409. The van der Waals surface area contributed by atoms with E-state index in [0.29, 0.717) is 29.8 Å². The molecular weight excluding hydrogens is 352 g/mol. The van der Waals surface area contributed by atoms with Crippen LogP contribution in [0.5, 0.6) is 11.8 Å². The van der Waals surface area contributed by atoms with Crippen molar-refractivity contribution in [2.75, 3.05) is 33.1 Å². The molecule has 0 spiro atoms. The number of aromatic nitrogens is 2. The highest BCUT2D eigenvalue weighted by atomic mass is 16.5. The number of hydrogen-bond donors (Lipinski definition) is 2. The summed E-state index contributed by atoms with van der Waals surface area (Å²) < 4.78 is 10.7. The maximum Gasteiger partial charge on any atom is 0.240 e. The van der Waals surface area contributed by atoms with Crippen molar-refractivity contribution in [2.45, 2.75) is 30.8 Å². The van der Waals surface area contributed by atoms with E-state index < -0.39 is 0 Å². The first kappa shape index (κ1) is 17.4. The van der Waals surface area contributed by atoms with E-state index in [-0.39, 0.29) is 0 Å². The van der Waals surface area contributed by atoms with Gasteiger partial charge in [0.15, 0.2) is 0 Å². The molecule has 1 fully saturated rings. The molecule has 1 unspecified atom stereocenters. The van der Waals surface area contributed by atoms with E-state index in [1.165, 1.54) is 22.0 Å². The second kappa shape index (κ2) is 6.71. The number of rotatable bonds is 4. The summed E-state index contributed by atoms with van der Waals surface area (Å²) in [4.78, 5) is 10.4. The molecule has 3 aromatic rings. The lowest BCUT2D eigenvalue weighted by atomic mass is 9.74. The second-order valence-corrected chi connectivity index (χ2v) is 7.89. The van der Waals surface area contributed by atoms with Gasteiger partial charge in [-0.25, -0.2) is 0 Å². The Balaban J connectivity index is 1.45. The summed E-state index contributed by atoms with van der Waals surface area (Å²) in [6, 6.07) is 11.4. The van der Waals surface area contributed by atoms with Crippen molar-refractivity contribution >= 4 is 16.6 Å². The molecule has 5 rings (SSSR count). The quantitative estimate of drug-likeness (QED) is 0.729. The van der Waals surface area contributed by atoms with E-state index in [9.17, 15) is 0 Å². The average Bonchev–Trinajstić information content (AvgIpc) is 3.13. The normalized spacial score (nSPS) is 24.0. The highest BCUT2D eigenvalue weighted by Gasteiger charge is 2.39. The van der Waals surface area contributed by atoms with Gasteiger partial charge in [-0.05, 0) is 43.1 Å². The van der Waals surface area contributed by atoms with Gasteiger partial charge in [-0.2, -0.15) is 4.98 Å². The van der Waals surface area contributed by atoms with Crippen molar-refractivity contribution in [1.29, 1.82) is 0 Å². The van der Waals surface area contributed by atoms with Gasteiger partial charge in [-0.15, -0.1) is 0 Å². The lowest BCUT2D eigenvalue weighted by Crippen LogP contribution is -2.51. The summed E-state index contributed by atoms with van der Waals surface area (Å²) in [6.45, 7) is 0.992. The number of piperidine rings is 1. The molecule has 1 aliphatic carbocycles. The molecule has 0 bridgehead atoms. The van der Waals surface area contributed by atoms with Gasteiger partial charge in [-0.1, -0.05) is 12.1 Å². The Bertz CT molecular complexity index is 1010. The zero-order chi connectivity index (χ0) is 19.3. The van der Waals surface area contributed by atoms with Crippen LogP contribution < -0.4 is 14.8 Å². The number of hydrogen-bond acceptors (Lipinski definition) is 5. The maximum atomic E-state index is 5.47. The molecule has 6 heteroatoms. The Morgan fingerprint density at radius 1 is 1.18 bits per heavy atom. The lowest BCUT2D eigenvalue weighted by molar-refractivity contribution is 0.147. The number of ether oxygens (including phenoxy) is 2. The molecule has 0 radical (unpaired) electrons. The van der Waals surface area contributed by atoms with E-state index in [2.05, 4.69) is 51.6 Å². The molecule has 2 N–H and O–H groups in total. The molecule has 146 valence electrons. The predicted octanol–water partition coefficient (Wildman–Crippen LogP) is 3.40. The Hall–Kier alpha value is -2.73. The third-order valence-electron chi connectivity index (χ3n) is 6.32. The topological polar surface area (TPSA) is 62.4 Å². The fourth-order valence-corrected chi connectivity index (χ4v) is 5.07. The number of likely N-dealkylation sites (tertiary alicyclic amines) is 1. The molecule has 1 aromatic carbocycles. The van der Waals surface area contributed by atoms with Gasteiger partial charge in [0.2, 0.25) is 11.8 Å². The third-order valence-corrected chi connectivity index (χ3v) is 6.32. The predicted molar refractivity (Wildman–Crippen MR) is 111 cm³/mol. The van der Waals surface area contributed by atoms with Crippen LogP contribution in [0.1, 0.15) is 23.5 Å². The number of aromatic amines is 1. The standard InChI is InChI=1S/C22H26N4O2/c1-26-12-14(24-18-7-8-20(27-2)25-22(18)28-3)10-16-15-5-4-6-17-21(15)13(11-23-17)9-19(16)26/h4-8,11,14,16,19,23-24H,9-10,12H2,1-3H3/t14?,16-,19-/m1/s1. The zero-order valence-corrected chi connectivity index (χ0v) is 16.5. The number of methoxy groups -OCH3 is 2. The number of nitrogens with zero attached hydrogens (tertiary/aromatic N) is 2. The summed E-state index contributed by atoms with van der Waals surface area (Å²) in [5.41, 5.74) is 5.09. The van der Waals surface area contributed by atoms with Crippen LogP contribution in [0.4, 0.5) is 5.69 Å². The third kappa shape index (κ3) is 2.71. The van der Waals surface area contributed by atoms with Gasteiger partial charge < -0.3 is 24.7 Å². The fourth-order valence-electron chi connectivity index (χ4n) is 5.07. The number of benzene rings is 1. The van der Waals surface area contributed by atoms with Crippen molar-refractivity contribution in [2.24, 2.45) is 0 Å². The lowest BCUT2D eigenvalue weighted by Gasteiger charge is -2.46. The number of nitrogens with one attached hydrogen (secondary N) is 2. The number of H-pyrrole nitrogens is 1. The minimum atomic E-state index is 0.325. The van der Waals surface area contributed by atoms with E-state index >= 15 is 0 Å². The summed E-state index contributed by atoms with van der Waals surface area (Å²) in [5, 5.41) is 5.10. The summed E-state index contributed by atoms with van der Waals surface area (Å²) >= 11 is 0. The first-order chi connectivity index (χ1) is 13.7. The van der Waals surface area contributed by atoms with Crippen LogP contribution in [0, 0.1) is 0 Å². The SMILES string of the molecule is COc1ccc(NC2C[C@@H]3c4cccc5[nH]cc(c45)C[C@H]3N(C)C2)c(OC)n1. The van der Waals surface area contributed by atoms with Gasteiger partial charge >= 0.3 is 0 Å². The monoisotopic (exact) mass is 378 g/mol. The van der Waals surface area contributed by atoms with E-state index in [0.717, 1.165) is 25.1 Å². The molecule has 3 heterocycles. The first-order valence-electron chi connectivity index (χ1n) is 9.82.